The summed E-state index contributed by atoms with van der Waals surface area (Å²) in [4.78, 5) is 58.8. The number of methoxy groups -OCH3 is 1. The zero-order valence-electron chi connectivity index (χ0n) is 30.6. The first-order chi connectivity index (χ1) is 25.4. The minimum atomic E-state index is -2.60. The summed E-state index contributed by atoms with van der Waals surface area (Å²) in [5.41, 5.74) is 0.457. The van der Waals surface area contributed by atoms with Crippen LogP contribution < -0.4 is 25.0 Å². The molecule has 4 heterocycles. The molecular weight excluding hydrogens is 695 g/mol. The fourth-order valence-corrected chi connectivity index (χ4v) is 13.3. The van der Waals surface area contributed by atoms with E-state index in [9.17, 15) is 24.8 Å². The third-order valence-corrected chi connectivity index (χ3v) is 16.3. The van der Waals surface area contributed by atoms with Gasteiger partial charge in [0.25, 0.3) is 11.6 Å². The minimum absolute atomic E-state index is 0.0121. The molecule has 280 valence electrons. The van der Waals surface area contributed by atoms with Gasteiger partial charge in [-0.05, 0) is 54.3 Å². The van der Waals surface area contributed by atoms with E-state index in [2.05, 4.69) is 18.4 Å². The molecule has 3 saturated heterocycles. The van der Waals surface area contributed by atoms with Crippen molar-refractivity contribution in [3.63, 3.8) is 0 Å². The number of carbonyl (C=O) groups is 3. The van der Waals surface area contributed by atoms with Crippen LogP contribution in [0.4, 0.5) is 17.1 Å². The number of rotatable bonds is 10. The molecule has 4 aliphatic rings. The molecule has 4 aliphatic heterocycles. The highest BCUT2D eigenvalue weighted by Gasteiger charge is 2.67. The van der Waals surface area contributed by atoms with Crippen LogP contribution in [-0.4, -0.2) is 92.8 Å². The van der Waals surface area contributed by atoms with Gasteiger partial charge in [0.2, 0.25) is 11.8 Å². The van der Waals surface area contributed by atoms with E-state index in [1.165, 1.54) is 12.1 Å². The number of nitrogens with one attached hydrogen (secondary N) is 1. The molecule has 3 fully saturated rings. The quantitative estimate of drug-likeness (QED) is 0.180. The number of amides is 3. The largest absolute Gasteiger partial charge is 0.497 e. The highest BCUT2D eigenvalue weighted by molar-refractivity contribution is 6.91. The van der Waals surface area contributed by atoms with Crippen molar-refractivity contribution in [2.45, 2.75) is 69.1 Å². The fraction of sp³-hybridized carbons (Fsp3) is 0.462. The lowest BCUT2D eigenvalue weighted by molar-refractivity contribution is -0.385. The van der Waals surface area contributed by atoms with Crippen LogP contribution in [0.1, 0.15) is 37.3 Å². The van der Waals surface area contributed by atoms with Crippen molar-refractivity contribution in [1.29, 1.82) is 0 Å². The Morgan fingerprint density at radius 3 is 2.58 bits per heavy atom. The van der Waals surface area contributed by atoms with Crippen molar-refractivity contribution >= 4 is 48.0 Å². The van der Waals surface area contributed by atoms with Gasteiger partial charge in [0, 0.05) is 48.9 Å². The van der Waals surface area contributed by atoms with Crippen molar-refractivity contribution in [2.24, 2.45) is 5.92 Å². The number of aliphatic hydroxyl groups is 1. The molecule has 0 unspecified atom stereocenters. The molecule has 0 radical (unpaired) electrons. The van der Waals surface area contributed by atoms with Gasteiger partial charge in [0.15, 0.2) is 5.60 Å². The molecule has 1 spiro atoms. The maximum Gasteiger partial charge on any atom is 0.269 e. The summed E-state index contributed by atoms with van der Waals surface area (Å²) in [5, 5.41) is 26.4. The number of piperazine rings is 1. The van der Waals surface area contributed by atoms with Crippen LogP contribution >= 0.6 is 0 Å². The molecule has 5 atom stereocenters. The van der Waals surface area contributed by atoms with Crippen LogP contribution in [0.3, 0.4) is 0 Å². The number of hydrogen-bond donors (Lipinski definition) is 2. The Kier molecular flexibility index (Phi) is 9.91. The van der Waals surface area contributed by atoms with Crippen molar-refractivity contribution in [2.75, 3.05) is 49.7 Å². The number of likely N-dealkylation sites (tertiary alicyclic amines) is 1. The molecule has 0 aromatic heterocycles. The van der Waals surface area contributed by atoms with Gasteiger partial charge in [-0.2, -0.15) is 0 Å². The maximum absolute atomic E-state index is 15.2. The lowest BCUT2D eigenvalue weighted by Crippen LogP contribution is -2.52. The van der Waals surface area contributed by atoms with E-state index >= 15 is 4.79 Å². The average molecular weight is 742 g/mol. The number of ether oxygens (including phenoxy) is 2. The topological polar surface area (TPSA) is 155 Å². The number of hydrogen-bond acceptors (Lipinski definition) is 9. The zero-order valence-corrected chi connectivity index (χ0v) is 31.6. The highest BCUT2D eigenvalue weighted by Crippen LogP contribution is 2.60. The number of fused-ring (bicyclic) bond motifs is 2. The summed E-state index contributed by atoms with van der Waals surface area (Å²) in [7, 11) is -0.983. The number of benzene rings is 3. The molecule has 53 heavy (non-hydrogen) atoms. The molecular formula is C39H47N5O8Si. The second-order valence-corrected chi connectivity index (χ2v) is 19.9. The summed E-state index contributed by atoms with van der Waals surface area (Å²) >= 11 is 0. The number of nitrogens with zero attached hydrogens (tertiary/aromatic N) is 4. The number of nitro benzene ring substituents is 1. The number of anilines is 2. The average Bonchev–Trinajstić information content (AvgIpc) is 3.82. The molecule has 0 bridgehead atoms. The highest BCUT2D eigenvalue weighted by atomic mass is 28.3. The van der Waals surface area contributed by atoms with E-state index in [0.29, 0.717) is 30.9 Å². The third-order valence-electron chi connectivity index (χ3n) is 12.0. The van der Waals surface area contributed by atoms with Gasteiger partial charge in [0.1, 0.15) is 5.75 Å². The van der Waals surface area contributed by atoms with E-state index in [1.807, 2.05) is 55.5 Å². The lowest BCUT2D eigenvalue weighted by atomic mass is 9.82. The number of carbonyl (C=O) groups excluding carboxylic acids is 3. The van der Waals surface area contributed by atoms with Gasteiger partial charge in [-0.1, -0.05) is 49.5 Å². The molecule has 7 rings (SSSR count). The Balaban J connectivity index is 1.31. The van der Waals surface area contributed by atoms with Gasteiger partial charge in [-0.3, -0.25) is 24.5 Å². The zero-order chi connectivity index (χ0) is 37.7. The van der Waals surface area contributed by atoms with E-state index in [4.69, 9.17) is 9.47 Å². The maximum atomic E-state index is 15.2. The smallest absolute Gasteiger partial charge is 0.269 e. The van der Waals surface area contributed by atoms with Crippen LogP contribution in [0.5, 0.6) is 5.75 Å². The molecule has 0 saturated carbocycles. The summed E-state index contributed by atoms with van der Waals surface area (Å²) < 4.78 is 12.5. The van der Waals surface area contributed by atoms with Gasteiger partial charge in [-0.25, -0.2) is 0 Å². The molecule has 14 heteroatoms. The molecule has 2 N–H and O–H groups in total. The number of nitro groups is 1. The minimum Gasteiger partial charge on any atom is -0.497 e. The van der Waals surface area contributed by atoms with E-state index in [0.717, 1.165) is 35.0 Å². The number of aliphatic hydroxyl groups excluding tert-OH is 1. The van der Waals surface area contributed by atoms with Crippen molar-refractivity contribution in [1.82, 2.24) is 10.2 Å². The van der Waals surface area contributed by atoms with Gasteiger partial charge in [0.05, 0.1) is 64.1 Å². The first kappa shape index (κ1) is 36.7. The van der Waals surface area contributed by atoms with E-state index in [1.54, 1.807) is 27.9 Å². The van der Waals surface area contributed by atoms with Crippen LogP contribution in [0, 0.1) is 16.0 Å². The standard InChI is InChI=1S/C39H47N5O8Si/c1-25-37(53(3,4)31-13-11-30(51-2)12-14-31)34(21-35(46)41-17-6-9-29(41)24-45)52-39(25)32-20-28(44(49)50)10-15-33(32)43(38(39)48)23-26-7-5-8-27(19-26)42-18-16-40-22-36(42)47/h5,7-8,10-15,19-20,25,29,34,37,40,45H,6,9,16-18,21-24H2,1-4H3/t25-,29-,34+,37-,39+/m0/s1. The van der Waals surface area contributed by atoms with E-state index in [-0.39, 0.29) is 61.1 Å². The predicted molar refractivity (Wildman–Crippen MR) is 202 cm³/mol. The second kappa shape index (κ2) is 14.3. The molecule has 3 aromatic rings. The predicted octanol–water partition coefficient (Wildman–Crippen LogP) is 3.68. The Bertz CT molecular complexity index is 1920. The Labute approximate surface area is 310 Å². The molecule has 13 nitrogen and oxygen atoms in total. The van der Waals surface area contributed by atoms with Gasteiger partial charge < -0.3 is 34.6 Å². The summed E-state index contributed by atoms with van der Waals surface area (Å²) in [6, 6.07) is 19.7. The molecule has 0 aliphatic carbocycles. The third kappa shape index (κ3) is 6.30. The van der Waals surface area contributed by atoms with Crippen LogP contribution in [0.15, 0.2) is 66.7 Å². The summed E-state index contributed by atoms with van der Waals surface area (Å²) in [5.74, 6) is -0.265. The Hall–Kier alpha value is -4.63. The van der Waals surface area contributed by atoms with Crippen molar-refractivity contribution < 1.29 is 33.9 Å². The number of non-ortho nitro benzene ring substituents is 1. The van der Waals surface area contributed by atoms with Crippen LogP contribution in [0.2, 0.25) is 18.6 Å². The Morgan fingerprint density at radius 2 is 1.89 bits per heavy atom. The van der Waals surface area contributed by atoms with Gasteiger partial charge >= 0.3 is 0 Å². The van der Waals surface area contributed by atoms with Gasteiger partial charge in [-0.15, -0.1) is 0 Å². The second-order valence-electron chi connectivity index (χ2n) is 15.2. The van der Waals surface area contributed by atoms with Crippen LogP contribution in [-0.2, 0) is 31.3 Å². The first-order valence-corrected chi connectivity index (χ1v) is 21.4. The Morgan fingerprint density at radius 1 is 1.11 bits per heavy atom. The van der Waals surface area contributed by atoms with E-state index < -0.39 is 30.6 Å². The summed E-state index contributed by atoms with van der Waals surface area (Å²) in [6.45, 7) is 8.44. The first-order valence-electron chi connectivity index (χ1n) is 18.3. The summed E-state index contributed by atoms with van der Waals surface area (Å²) in [6.07, 6.45) is 0.850. The van der Waals surface area contributed by atoms with Crippen LogP contribution in [0.25, 0.3) is 0 Å². The normalized spacial score (nSPS) is 25.7. The lowest BCUT2D eigenvalue weighted by Gasteiger charge is -2.37. The molecule has 3 amide bonds. The SMILES string of the molecule is COc1ccc([Si](C)(C)[C@@H]2[C@@H](CC(=O)N3CCC[C@H]3CO)O[C@]3(C(=O)N(Cc4cccc(N5CCNCC5=O)c4)c4ccc([N+](=O)[O-])cc43)[C@H]2C)cc1. The monoisotopic (exact) mass is 741 g/mol. The van der Waals surface area contributed by atoms with Crippen molar-refractivity contribution in [3.05, 3.63) is 88.0 Å². The van der Waals surface area contributed by atoms with Crippen molar-refractivity contribution in [3.8, 4) is 5.75 Å². The fourth-order valence-electron chi connectivity index (χ4n) is 9.30. The molecule has 3 aromatic carbocycles.